The predicted octanol–water partition coefficient (Wildman–Crippen LogP) is 13.8. The second-order valence-electron chi connectivity index (χ2n) is 17.2. The van der Waals surface area contributed by atoms with Gasteiger partial charge in [0, 0.05) is 30.7 Å². The number of rotatable bonds is 8. The number of fused-ring (bicyclic) bond motifs is 6. The van der Waals surface area contributed by atoms with Gasteiger partial charge in [0.15, 0.2) is 8.07 Å². The molecule has 0 radical (unpaired) electrons. The number of hydrogen-bond acceptors (Lipinski definition) is 1. The van der Waals surface area contributed by atoms with Gasteiger partial charge in [0.1, 0.15) is 0 Å². The highest BCUT2D eigenvalue weighted by Crippen LogP contribution is 2.51. The van der Waals surface area contributed by atoms with Crippen LogP contribution in [-0.4, -0.2) is 8.07 Å². The van der Waals surface area contributed by atoms with Crippen molar-refractivity contribution in [1.29, 1.82) is 0 Å². The molecule has 0 unspecified atom stereocenters. The molecule has 1 nitrogen and oxygen atoms in total. The Morgan fingerprint density at radius 3 is 1.45 bits per heavy atom. The minimum atomic E-state index is -2.91. The topological polar surface area (TPSA) is 3.24 Å². The molecule has 1 aliphatic carbocycles. The van der Waals surface area contributed by atoms with Gasteiger partial charge in [0.05, 0.1) is 0 Å². The van der Waals surface area contributed by atoms with E-state index in [1.807, 2.05) is 66.7 Å². The molecule has 12 rings (SSSR count). The van der Waals surface area contributed by atoms with E-state index in [-0.39, 0.29) is 5.56 Å². The Morgan fingerprint density at radius 2 is 0.815 bits per heavy atom. The molecule has 0 saturated heterocycles. The van der Waals surface area contributed by atoms with Crippen LogP contribution in [0.2, 0.25) is 0 Å². The molecule has 0 atom stereocenters. The molecule has 308 valence electrons. The van der Waals surface area contributed by atoms with Crippen molar-refractivity contribution in [1.82, 2.24) is 0 Å². The number of anilines is 3. The molecule has 0 fully saturated rings. The van der Waals surface area contributed by atoms with Crippen LogP contribution in [0, 0.1) is 0 Å². The highest BCUT2D eigenvalue weighted by Gasteiger charge is 2.48. The summed E-state index contributed by atoms with van der Waals surface area (Å²) in [5.41, 5.74) is 10.7. The molecule has 2 heteroatoms. The summed E-state index contributed by atoms with van der Waals surface area (Å²) in [5, 5.41) is 5.43. The van der Waals surface area contributed by atoms with E-state index in [2.05, 4.69) is 175 Å². The Kier molecular flexibility index (Phi) is 7.82. The van der Waals surface area contributed by atoms with Crippen molar-refractivity contribution in [3.63, 3.8) is 0 Å². The van der Waals surface area contributed by atoms with Crippen molar-refractivity contribution in [2.45, 2.75) is 19.1 Å². The fourth-order valence-electron chi connectivity index (χ4n) is 10.6. The summed E-state index contributed by atoms with van der Waals surface area (Å²) in [6.07, 6.45) is 0. The smallest absolute Gasteiger partial charge is 0.180 e. The Hall–Kier alpha value is -7.78. The van der Waals surface area contributed by atoms with E-state index in [1.54, 1.807) is 12.1 Å². The van der Waals surface area contributed by atoms with Gasteiger partial charge in [-0.25, -0.2) is 0 Å². The first-order chi connectivity index (χ1) is 34.5. The average molecular weight is 852 g/mol. The van der Waals surface area contributed by atoms with E-state index >= 15 is 0 Å². The maximum Gasteiger partial charge on any atom is 0.180 e. The molecule has 1 heterocycles. The van der Waals surface area contributed by atoms with Gasteiger partial charge in [-0.1, -0.05) is 220 Å². The Labute approximate surface area is 392 Å². The van der Waals surface area contributed by atoms with Crippen molar-refractivity contribution in [3.05, 3.63) is 260 Å². The minimum absolute atomic E-state index is 0.267. The monoisotopic (exact) mass is 851 g/mol. The molecular weight excluding hydrogens is 799 g/mol. The van der Waals surface area contributed by atoms with Gasteiger partial charge in [-0.2, -0.15) is 0 Å². The zero-order valence-corrected chi connectivity index (χ0v) is 36.6. The van der Waals surface area contributed by atoms with Crippen LogP contribution < -0.4 is 25.6 Å². The van der Waals surface area contributed by atoms with Crippen LogP contribution in [0.4, 0.5) is 17.1 Å². The summed E-state index contributed by atoms with van der Waals surface area (Å²) >= 11 is 0. The third-order valence-corrected chi connectivity index (χ3v) is 18.5. The van der Waals surface area contributed by atoms with Gasteiger partial charge in [-0.3, -0.25) is 0 Å². The number of nitrogens with zero attached hydrogens (tertiary/aromatic N) is 1. The Balaban J connectivity index is 1.05. The summed E-state index contributed by atoms with van der Waals surface area (Å²) in [4.78, 5) is 2.13. The summed E-state index contributed by atoms with van der Waals surface area (Å²) < 4.78 is 54.1. The highest BCUT2D eigenvalue weighted by molar-refractivity contribution is 7.22. The van der Waals surface area contributed by atoms with Gasteiger partial charge in [-0.15, -0.1) is 0 Å². The quantitative estimate of drug-likeness (QED) is 0.138. The molecule has 65 heavy (non-hydrogen) atoms. The van der Waals surface area contributed by atoms with Gasteiger partial charge in [-0.05, 0) is 130 Å². The number of benzene rings is 10. The average Bonchev–Trinajstić information content (AvgIpc) is 3.89. The van der Waals surface area contributed by atoms with Crippen LogP contribution in [0.15, 0.2) is 249 Å². The largest absolute Gasteiger partial charge is 0.310 e. The zero-order valence-electron chi connectivity index (χ0n) is 41.6. The van der Waals surface area contributed by atoms with Gasteiger partial charge < -0.3 is 4.90 Å². The van der Waals surface area contributed by atoms with E-state index in [0.29, 0.717) is 22.4 Å². The first-order valence-corrected chi connectivity index (χ1v) is 24.2. The van der Waals surface area contributed by atoms with E-state index in [4.69, 9.17) is 8.22 Å². The second kappa shape index (κ2) is 15.5. The highest BCUT2D eigenvalue weighted by atomic mass is 28.3. The van der Waals surface area contributed by atoms with E-state index in [1.165, 1.54) is 31.9 Å². The fourth-order valence-corrected chi connectivity index (χ4v) is 15.9. The van der Waals surface area contributed by atoms with Crippen LogP contribution in [0.3, 0.4) is 0 Å². The van der Waals surface area contributed by atoms with Crippen molar-refractivity contribution in [2.75, 3.05) is 4.90 Å². The lowest BCUT2D eigenvalue weighted by Crippen LogP contribution is -2.72. The van der Waals surface area contributed by atoms with Crippen molar-refractivity contribution >= 4 is 45.9 Å². The normalized spacial score (nSPS) is 15.4. The second-order valence-corrected chi connectivity index (χ2v) is 20.9. The molecule has 0 saturated carbocycles. The molecule has 0 aromatic heterocycles. The van der Waals surface area contributed by atoms with Crippen LogP contribution in [0.25, 0.3) is 55.6 Å². The van der Waals surface area contributed by atoms with E-state index in [0.717, 1.165) is 44.8 Å². The van der Waals surface area contributed by atoms with Gasteiger partial charge in [0.2, 0.25) is 0 Å². The zero-order chi connectivity index (χ0) is 48.5. The summed E-state index contributed by atoms with van der Waals surface area (Å²) in [5.74, 6) is 0. The van der Waals surface area contributed by atoms with Crippen LogP contribution in [-0.2, 0) is 5.41 Å². The third-order valence-electron chi connectivity index (χ3n) is 13.6. The van der Waals surface area contributed by atoms with E-state index < -0.39 is 27.2 Å². The minimum Gasteiger partial charge on any atom is -0.310 e. The Bertz CT molecular complexity index is 3510. The van der Waals surface area contributed by atoms with Gasteiger partial charge >= 0.3 is 0 Å². The van der Waals surface area contributed by atoms with Crippen molar-refractivity contribution in [3.8, 4) is 55.6 Å². The van der Waals surface area contributed by atoms with Crippen LogP contribution in [0.1, 0.15) is 33.1 Å². The molecule has 2 aliphatic rings. The predicted molar refractivity (Wildman–Crippen MR) is 278 cm³/mol. The maximum atomic E-state index is 9.02. The lowest BCUT2D eigenvalue weighted by atomic mass is 9.82. The molecule has 0 spiro atoms. The first kappa shape index (κ1) is 32.8. The molecule has 10 aromatic carbocycles. The maximum absolute atomic E-state index is 9.02. The molecule has 1 aliphatic heterocycles. The molecular formula is C63H47NSi. The fraction of sp³-hybridized carbons (Fsp3) is 0.0476. The Morgan fingerprint density at radius 1 is 0.323 bits per heavy atom. The van der Waals surface area contributed by atoms with Crippen molar-refractivity contribution in [2.24, 2.45) is 0 Å². The van der Waals surface area contributed by atoms with E-state index in [9.17, 15) is 0 Å². The van der Waals surface area contributed by atoms with Crippen molar-refractivity contribution < 1.29 is 8.22 Å². The van der Waals surface area contributed by atoms with Crippen LogP contribution >= 0.6 is 0 Å². The molecule has 10 aromatic rings. The van der Waals surface area contributed by atoms with Gasteiger partial charge in [0.25, 0.3) is 0 Å². The lowest BCUT2D eigenvalue weighted by Gasteiger charge is -2.31. The molecule has 0 amide bonds. The standard InChI is InChI=1S/C63H47NSi/c1-63(2)59-30-15-12-27-55(59)56-38-37-51(43-60(56)63)64(52-40-48(44-19-6-3-7-20-44)39-49(41-52)45-21-8-4-9-22-45)50-35-33-46(34-36-50)47-23-18-26-54(42-47)65(53-24-10-5-11-25-53)61-31-16-13-28-57(61)58-29-14-17-32-62(58)65/h3-43H,1-2H3/i1D3,2D3. The molecule has 0 N–H and O–H groups in total. The van der Waals surface area contributed by atoms with Crippen LogP contribution in [0.5, 0.6) is 0 Å². The molecule has 0 bridgehead atoms. The third kappa shape index (κ3) is 6.28. The summed E-state index contributed by atoms with van der Waals surface area (Å²) in [6.45, 7) is -5.81. The first-order valence-electron chi connectivity index (χ1n) is 25.2. The summed E-state index contributed by atoms with van der Waals surface area (Å²) in [6, 6.07) is 86.3. The SMILES string of the molecule is [2H]C([2H])([2H])C1(C([2H])([2H])[2H])c2ccccc2-c2ccc(N(c3ccc(-c4cccc([Si]5(c6ccccc6)c6ccccc6-c6ccccc65)c4)cc3)c3cc(-c4ccccc4)cc(-c4ccccc4)c3)cc21. The number of hydrogen-bond donors (Lipinski definition) is 0. The lowest BCUT2D eigenvalue weighted by molar-refractivity contribution is 0.660. The summed E-state index contributed by atoms with van der Waals surface area (Å²) in [7, 11) is -2.73.